The zero-order valence-corrected chi connectivity index (χ0v) is 25.4. The van der Waals surface area contributed by atoms with E-state index in [9.17, 15) is 23.9 Å². The maximum atomic E-state index is 13.9. The Morgan fingerprint density at radius 2 is 1.51 bits per heavy atom. The van der Waals surface area contributed by atoms with Crippen LogP contribution in [0.4, 0.5) is 4.39 Å². The highest BCUT2D eigenvalue weighted by Crippen LogP contribution is 2.54. The van der Waals surface area contributed by atoms with Gasteiger partial charge in [-0.05, 0) is 75.0 Å². The number of Topliss-reactive ketones (excluding diaryl/α,β-unsaturated/α-hetero) is 2. The molecule has 2 aromatic rings. The fourth-order valence-electron chi connectivity index (χ4n) is 6.41. The smallest absolute Gasteiger partial charge is 0.305 e. The summed E-state index contributed by atoms with van der Waals surface area (Å²) in [6.45, 7) is 8.70. The molecule has 0 saturated heterocycles. The lowest BCUT2D eigenvalue weighted by Crippen LogP contribution is -2.45. The number of hydrogen-bond acceptors (Lipinski definition) is 5. The fraction of sp³-hybridized carbons (Fsp3) is 0.424. The van der Waals surface area contributed by atoms with Crippen molar-refractivity contribution in [1.82, 2.24) is 4.90 Å². The van der Waals surface area contributed by atoms with Crippen LogP contribution >= 0.6 is 15.9 Å². The summed E-state index contributed by atoms with van der Waals surface area (Å²) in [5, 5.41) is 9.53. The minimum atomic E-state index is -0.917. The Hall–Kier alpha value is -3.26. The van der Waals surface area contributed by atoms with Crippen LogP contribution in [0.3, 0.4) is 0 Å². The lowest BCUT2D eigenvalue weighted by atomic mass is 9.63. The summed E-state index contributed by atoms with van der Waals surface area (Å²) in [5.41, 5.74) is 3.96. The van der Waals surface area contributed by atoms with Crippen LogP contribution in [0.25, 0.3) is 0 Å². The molecule has 0 spiro atoms. The SMILES string of the molecule is CC1(C)CC(=O)C2=C(C1)N(CCC(=O)O)C1=C(C(=O)CC(C)(C)C1)C2c1ccc(OCc2ccc(F)cc2)c(Br)c1. The number of nitrogens with zero attached hydrogens (tertiary/aromatic N) is 1. The molecule has 6 nitrogen and oxygen atoms in total. The lowest BCUT2D eigenvalue weighted by Gasteiger charge is -2.49. The number of halogens is 2. The third-order valence-corrected chi connectivity index (χ3v) is 8.79. The topological polar surface area (TPSA) is 83.9 Å². The fourth-order valence-corrected chi connectivity index (χ4v) is 6.92. The third-order valence-electron chi connectivity index (χ3n) is 8.17. The van der Waals surface area contributed by atoms with Crippen molar-refractivity contribution in [2.45, 2.75) is 72.3 Å². The third kappa shape index (κ3) is 6.03. The average molecular weight is 625 g/mol. The monoisotopic (exact) mass is 623 g/mol. The molecule has 2 aromatic carbocycles. The van der Waals surface area contributed by atoms with E-state index < -0.39 is 11.9 Å². The molecule has 1 heterocycles. The quantitative estimate of drug-likeness (QED) is 0.348. The molecule has 0 atom stereocenters. The van der Waals surface area contributed by atoms with E-state index in [0.717, 1.165) is 22.5 Å². The van der Waals surface area contributed by atoms with Crippen molar-refractivity contribution >= 4 is 33.5 Å². The Balaban J connectivity index is 1.59. The van der Waals surface area contributed by atoms with Gasteiger partial charge >= 0.3 is 5.97 Å². The van der Waals surface area contributed by atoms with Crippen molar-refractivity contribution in [3.8, 4) is 5.75 Å². The number of carboxylic acids is 1. The molecular weight excluding hydrogens is 589 g/mol. The van der Waals surface area contributed by atoms with Crippen molar-refractivity contribution in [3.63, 3.8) is 0 Å². The van der Waals surface area contributed by atoms with Crippen LogP contribution in [0.5, 0.6) is 5.75 Å². The first-order chi connectivity index (χ1) is 19.2. The van der Waals surface area contributed by atoms with E-state index in [-0.39, 0.29) is 47.8 Å². The van der Waals surface area contributed by atoms with Crippen LogP contribution in [0.2, 0.25) is 0 Å². The molecule has 0 aromatic heterocycles. The van der Waals surface area contributed by atoms with Gasteiger partial charge in [-0.3, -0.25) is 14.4 Å². The van der Waals surface area contributed by atoms with Gasteiger partial charge in [-0.1, -0.05) is 45.9 Å². The van der Waals surface area contributed by atoms with Crippen molar-refractivity contribution in [2.24, 2.45) is 10.8 Å². The molecule has 41 heavy (non-hydrogen) atoms. The van der Waals surface area contributed by atoms with E-state index in [1.807, 2.05) is 23.1 Å². The number of carbonyl (C=O) groups excluding carboxylic acids is 2. The average Bonchev–Trinajstić information content (AvgIpc) is 2.85. The highest BCUT2D eigenvalue weighted by Gasteiger charge is 2.49. The second-order valence-electron chi connectivity index (χ2n) is 12.9. The number of hydrogen-bond donors (Lipinski definition) is 1. The minimum absolute atomic E-state index is 0.00137. The van der Waals surface area contributed by atoms with Crippen LogP contribution in [0.1, 0.15) is 76.8 Å². The van der Waals surface area contributed by atoms with Crippen molar-refractivity contribution in [2.75, 3.05) is 6.54 Å². The Morgan fingerprint density at radius 1 is 0.951 bits per heavy atom. The van der Waals surface area contributed by atoms with E-state index in [4.69, 9.17) is 4.74 Å². The van der Waals surface area contributed by atoms with Gasteiger partial charge < -0.3 is 14.7 Å². The van der Waals surface area contributed by atoms with Gasteiger partial charge in [-0.25, -0.2) is 4.39 Å². The number of aliphatic carboxylic acids is 1. The maximum Gasteiger partial charge on any atom is 0.305 e. The van der Waals surface area contributed by atoms with Gasteiger partial charge in [0.15, 0.2) is 11.6 Å². The number of allylic oxidation sites excluding steroid dienone is 4. The van der Waals surface area contributed by atoms with Crippen LogP contribution in [-0.2, 0) is 21.0 Å². The molecule has 0 saturated carbocycles. The molecule has 5 rings (SSSR count). The summed E-state index contributed by atoms with van der Waals surface area (Å²) in [4.78, 5) is 41.3. The van der Waals surface area contributed by atoms with E-state index in [1.165, 1.54) is 12.1 Å². The number of rotatable bonds is 7. The van der Waals surface area contributed by atoms with Crippen LogP contribution in [-0.4, -0.2) is 34.1 Å². The number of ether oxygens (including phenoxy) is 1. The molecule has 3 aliphatic rings. The highest BCUT2D eigenvalue weighted by molar-refractivity contribution is 9.10. The molecule has 1 aliphatic heterocycles. The molecule has 0 unspecified atom stereocenters. The Bertz CT molecular complexity index is 1430. The van der Waals surface area contributed by atoms with Gasteiger partial charge in [0.2, 0.25) is 0 Å². The molecule has 0 bridgehead atoms. The Labute approximate surface area is 248 Å². The van der Waals surface area contributed by atoms with Gasteiger partial charge in [0.05, 0.1) is 10.9 Å². The lowest BCUT2D eigenvalue weighted by molar-refractivity contribution is -0.137. The summed E-state index contributed by atoms with van der Waals surface area (Å²) in [7, 11) is 0. The van der Waals surface area contributed by atoms with E-state index in [0.29, 0.717) is 47.1 Å². The number of carbonyl (C=O) groups is 3. The molecule has 1 N–H and O–H groups in total. The molecule has 216 valence electrons. The van der Waals surface area contributed by atoms with Crippen LogP contribution in [0.15, 0.2) is 69.5 Å². The standard InChI is InChI=1S/C33H35BrFNO5/c1-32(2)14-23-30(25(37)16-32)29(31-24(36(23)12-11-28(39)40)15-33(3,4)17-26(31)38)20-7-10-27(22(34)13-20)41-18-19-5-8-21(35)9-6-19/h5-10,13,29H,11-12,14-18H2,1-4H3,(H,39,40). The van der Waals surface area contributed by atoms with Gasteiger partial charge in [0, 0.05) is 47.8 Å². The zero-order chi connectivity index (χ0) is 29.7. The molecule has 8 heteroatoms. The zero-order valence-electron chi connectivity index (χ0n) is 23.9. The number of ketones is 2. The Morgan fingerprint density at radius 3 is 2.02 bits per heavy atom. The largest absolute Gasteiger partial charge is 0.488 e. The highest BCUT2D eigenvalue weighted by atomic mass is 79.9. The van der Waals surface area contributed by atoms with E-state index >= 15 is 0 Å². The molecular formula is C33H35BrFNO5. The van der Waals surface area contributed by atoms with Crippen molar-refractivity contribution in [1.29, 1.82) is 0 Å². The van der Waals surface area contributed by atoms with Gasteiger partial charge in [0.1, 0.15) is 18.2 Å². The minimum Gasteiger partial charge on any atom is -0.488 e. The van der Waals surface area contributed by atoms with Crippen LogP contribution < -0.4 is 4.74 Å². The van der Waals surface area contributed by atoms with Gasteiger partial charge in [0.25, 0.3) is 0 Å². The first-order valence-electron chi connectivity index (χ1n) is 13.9. The summed E-state index contributed by atoms with van der Waals surface area (Å²) in [5.74, 6) is -1.17. The van der Waals surface area contributed by atoms with E-state index in [2.05, 4.69) is 43.6 Å². The molecule has 2 aliphatic carbocycles. The predicted octanol–water partition coefficient (Wildman–Crippen LogP) is 7.33. The molecule has 0 fully saturated rings. The van der Waals surface area contributed by atoms with E-state index in [1.54, 1.807) is 12.1 Å². The summed E-state index contributed by atoms with van der Waals surface area (Å²) in [6, 6.07) is 11.8. The van der Waals surface area contributed by atoms with Crippen molar-refractivity contribution in [3.05, 3.63) is 86.4 Å². The second kappa shape index (κ2) is 10.9. The van der Waals surface area contributed by atoms with Crippen LogP contribution in [0, 0.1) is 16.6 Å². The van der Waals surface area contributed by atoms with Crippen molar-refractivity contribution < 1.29 is 28.6 Å². The predicted molar refractivity (Wildman–Crippen MR) is 157 cm³/mol. The summed E-state index contributed by atoms with van der Waals surface area (Å²) >= 11 is 3.63. The second-order valence-corrected chi connectivity index (χ2v) is 13.8. The summed E-state index contributed by atoms with van der Waals surface area (Å²) < 4.78 is 20.0. The van der Waals surface area contributed by atoms with Gasteiger partial charge in [-0.15, -0.1) is 0 Å². The molecule has 0 amide bonds. The first-order valence-corrected chi connectivity index (χ1v) is 14.7. The normalized spacial score (nSPS) is 20.2. The number of benzene rings is 2. The summed E-state index contributed by atoms with van der Waals surface area (Å²) in [6.07, 6.45) is 1.87. The first kappa shape index (κ1) is 29.2. The maximum absolute atomic E-state index is 13.9. The number of carboxylic acid groups (broad SMARTS) is 1. The molecule has 0 radical (unpaired) electrons. The Kier molecular flexibility index (Phi) is 7.74. The van der Waals surface area contributed by atoms with Gasteiger partial charge in [-0.2, -0.15) is 0 Å².